The van der Waals surface area contributed by atoms with Crippen LogP contribution in [0.3, 0.4) is 0 Å². The molecule has 0 radical (unpaired) electrons. The standard InChI is InChI=1S/C3H7FO4S2/c1-2-9(5,6)3-10(4,7)8/h2-3H2,1H3. The Morgan fingerprint density at radius 2 is 1.60 bits per heavy atom. The third kappa shape index (κ3) is 4.68. The van der Waals surface area contributed by atoms with E-state index in [0.29, 0.717) is 0 Å². The Bertz CT molecular complexity index is 286. The summed E-state index contributed by atoms with van der Waals surface area (Å²) < 4.78 is 52.0. The average Bonchev–Trinajstić information content (AvgIpc) is 1.60. The van der Waals surface area contributed by atoms with Gasteiger partial charge in [-0.3, -0.25) is 0 Å². The van der Waals surface area contributed by atoms with Crippen molar-refractivity contribution in [3.63, 3.8) is 0 Å². The summed E-state index contributed by atoms with van der Waals surface area (Å²) in [5, 5.41) is -1.41. The first-order valence-corrected chi connectivity index (χ1v) is 5.77. The van der Waals surface area contributed by atoms with Gasteiger partial charge in [0.15, 0.2) is 14.9 Å². The van der Waals surface area contributed by atoms with Gasteiger partial charge >= 0.3 is 10.2 Å². The van der Waals surface area contributed by atoms with Crippen molar-refractivity contribution in [2.75, 3.05) is 10.8 Å². The lowest BCUT2D eigenvalue weighted by molar-refractivity contribution is 0.554. The van der Waals surface area contributed by atoms with E-state index in [0.717, 1.165) is 0 Å². The van der Waals surface area contributed by atoms with Gasteiger partial charge < -0.3 is 0 Å². The minimum atomic E-state index is -4.88. The van der Waals surface area contributed by atoms with E-state index >= 15 is 0 Å². The number of hydrogen-bond acceptors (Lipinski definition) is 4. The first-order chi connectivity index (χ1) is 4.27. The van der Waals surface area contributed by atoms with Gasteiger partial charge in [0, 0.05) is 5.75 Å². The van der Waals surface area contributed by atoms with E-state index < -0.39 is 25.1 Å². The number of halogens is 1. The van der Waals surface area contributed by atoms with Crippen LogP contribution in [0.2, 0.25) is 0 Å². The average molecular weight is 190 g/mol. The van der Waals surface area contributed by atoms with Crippen LogP contribution < -0.4 is 0 Å². The van der Waals surface area contributed by atoms with Gasteiger partial charge in [0.2, 0.25) is 0 Å². The van der Waals surface area contributed by atoms with Gasteiger partial charge in [-0.15, -0.1) is 3.89 Å². The van der Waals surface area contributed by atoms with Crippen molar-refractivity contribution >= 4 is 20.1 Å². The summed E-state index contributed by atoms with van der Waals surface area (Å²) in [5.74, 6) is -0.365. The second-order valence-corrected chi connectivity index (χ2v) is 5.77. The predicted octanol–water partition coefficient (Wildman–Crippen LogP) is -0.322. The van der Waals surface area contributed by atoms with Crippen LogP contribution in [0.15, 0.2) is 0 Å². The van der Waals surface area contributed by atoms with Crippen molar-refractivity contribution in [3.05, 3.63) is 0 Å². The van der Waals surface area contributed by atoms with Crippen molar-refractivity contribution in [2.45, 2.75) is 6.92 Å². The zero-order valence-electron chi connectivity index (χ0n) is 5.24. The molecule has 0 saturated carbocycles. The van der Waals surface area contributed by atoms with E-state index in [1.807, 2.05) is 0 Å². The molecule has 0 unspecified atom stereocenters. The molecule has 0 bridgehead atoms. The summed E-state index contributed by atoms with van der Waals surface area (Å²) >= 11 is 0. The van der Waals surface area contributed by atoms with Gasteiger partial charge in [0.05, 0.1) is 0 Å². The second kappa shape index (κ2) is 2.83. The van der Waals surface area contributed by atoms with Crippen molar-refractivity contribution in [2.24, 2.45) is 0 Å². The highest BCUT2D eigenvalue weighted by molar-refractivity contribution is 8.05. The Balaban J connectivity index is 4.49. The molecular weight excluding hydrogens is 183 g/mol. The molecule has 0 aliphatic carbocycles. The molecule has 62 valence electrons. The Morgan fingerprint density at radius 3 is 1.70 bits per heavy atom. The lowest BCUT2D eigenvalue weighted by Crippen LogP contribution is -2.14. The molecule has 0 aromatic heterocycles. The fraction of sp³-hybridized carbons (Fsp3) is 1.00. The van der Waals surface area contributed by atoms with Gasteiger partial charge in [0.25, 0.3) is 0 Å². The third-order valence-corrected chi connectivity index (χ3v) is 4.20. The van der Waals surface area contributed by atoms with E-state index in [1.165, 1.54) is 6.92 Å². The molecule has 0 amide bonds. The minimum Gasteiger partial charge on any atom is -0.228 e. The molecule has 0 fully saturated rings. The van der Waals surface area contributed by atoms with Crippen LogP contribution in [0.25, 0.3) is 0 Å². The maximum atomic E-state index is 11.7. The van der Waals surface area contributed by atoms with Crippen molar-refractivity contribution in [1.29, 1.82) is 0 Å². The van der Waals surface area contributed by atoms with Crippen molar-refractivity contribution < 1.29 is 20.7 Å². The Hall–Kier alpha value is -0.170. The van der Waals surface area contributed by atoms with E-state index in [2.05, 4.69) is 0 Å². The normalized spacial score (nSPS) is 13.4. The molecule has 0 aliphatic heterocycles. The molecule has 0 aromatic carbocycles. The van der Waals surface area contributed by atoms with E-state index in [1.54, 1.807) is 0 Å². The van der Waals surface area contributed by atoms with Crippen LogP contribution in [0, 0.1) is 0 Å². The summed E-state index contributed by atoms with van der Waals surface area (Å²) in [5.41, 5.74) is 0. The molecule has 0 saturated heterocycles. The Kier molecular flexibility index (Phi) is 2.78. The first-order valence-electron chi connectivity index (χ1n) is 2.39. The third-order valence-electron chi connectivity index (χ3n) is 0.760. The summed E-state index contributed by atoms with van der Waals surface area (Å²) in [6, 6.07) is 0. The van der Waals surface area contributed by atoms with E-state index in [-0.39, 0.29) is 5.75 Å². The predicted molar refractivity (Wildman–Crippen MR) is 34.4 cm³/mol. The molecule has 0 spiro atoms. The molecule has 4 nitrogen and oxygen atoms in total. The molecule has 10 heavy (non-hydrogen) atoms. The smallest absolute Gasteiger partial charge is 0.228 e. The zero-order valence-corrected chi connectivity index (χ0v) is 6.87. The largest absolute Gasteiger partial charge is 0.316 e. The van der Waals surface area contributed by atoms with Gasteiger partial charge in [-0.1, -0.05) is 6.92 Å². The lowest BCUT2D eigenvalue weighted by atomic mass is 11.0. The molecular formula is C3H7FO4S2. The Labute approximate surface area is 59.2 Å². The van der Waals surface area contributed by atoms with Gasteiger partial charge in [0.1, 0.15) is 0 Å². The summed E-state index contributed by atoms with van der Waals surface area (Å²) in [6.07, 6.45) is 0. The van der Waals surface area contributed by atoms with Crippen LogP contribution in [0.4, 0.5) is 3.89 Å². The fourth-order valence-electron chi connectivity index (χ4n) is 0.298. The SMILES string of the molecule is CCS(=O)(=O)CS(=O)(=O)F. The lowest BCUT2D eigenvalue weighted by Gasteiger charge is -1.93. The van der Waals surface area contributed by atoms with Crippen molar-refractivity contribution in [3.8, 4) is 0 Å². The van der Waals surface area contributed by atoms with Crippen molar-refractivity contribution in [1.82, 2.24) is 0 Å². The summed E-state index contributed by atoms with van der Waals surface area (Å²) in [4.78, 5) is 0. The molecule has 0 heterocycles. The number of sulfone groups is 1. The van der Waals surface area contributed by atoms with Crippen LogP contribution in [0.5, 0.6) is 0 Å². The van der Waals surface area contributed by atoms with Crippen LogP contribution in [0.1, 0.15) is 6.92 Å². The maximum absolute atomic E-state index is 11.7. The minimum absolute atomic E-state index is 0.365. The number of rotatable bonds is 3. The van der Waals surface area contributed by atoms with Crippen LogP contribution in [-0.2, 0) is 20.1 Å². The topological polar surface area (TPSA) is 68.3 Å². The van der Waals surface area contributed by atoms with Crippen LogP contribution in [-0.4, -0.2) is 27.7 Å². The maximum Gasteiger partial charge on any atom is 0.316 e. The number of hydrogen-bond donors (Lipinski definition) is 0. The fourth-order valence-corrected chi connectivity index (χ4v) is 2.68. The molecule has 0 rings (SSSR count). The highest BCUT2D eigenvalue weighted by Gasteiger charge is 2.18. The quantitative estimate of drug-likeness (QED) is 0.572. The monoisotopic (exact) mass is 190 g/mol. The van der Waals surface area contributed by atoms with Gasteiger partial charge in [-0.25, -0.2) is 8.42 Å². The molecule has 0 aromatic rings. The Morgan fingerprint density at radius 1 is 1.20 bits per heavy atom. The highest BCUT2D eigenvalue weighted by Crippen LogP contribution is 1.98. The van der Waals surface area contributed by atoms with Crippen LogP contribution >= 0.6 is 0 Å². The summed E-state index contributed by atoms with van der Waals surface area (Å²) in [7, 11) is -8.62. The molecule has 7 heteroatoms. The molecule has 0 atom stereocenters. The zero-order chi connectivity index (χ0) is 8.41. The van der Waals surface area contributed by atoms with Gasteiger partial charge in [-0.2, -0.15) is 8.42 Å². The van der Waals surface area contributed by atoms with E-state index in [4.69, 9.17) is 0 Å². The second-order valence-electron chi connectivity index (χ2n) is 1.69. The van der Waals surface area contributed by atoms with Gasteiger partial charge in [-0.05, 0) is 0 Å². The summed E-state index contributed by atoms with van der Waals surface area (Å²) in [6.45, 7) is 1.25. The molecule has 0 aliphatic rings. The van der Waals surface area contributed by atoms with E-state index in [9.17, 15) is 20.7 Å². The highest BCUT2D eigenvalue weighted by atomic mass is 32.3. The first kappa shape index (κ1) is 9.83. The molecule has 0 N–H and O–H groups in total.